The third-order valence-electron chi connectivity index (χ3n) is 0.898. The van der Waals surface area contributed by atoms with Crippen LogP contribution < -0.4 is 5.73 Å². The van der Waals surface area contributed by atoms with Crippen LogP contribution in [0.3, 0.4) is 0 Å². The van der Waals surface area contributed by atoms with Crippen LogP contribution in [0.25, 0.3) is 0 Å². The van der Waals surface area contributed by atoms with E-state index in [0.29, 0.717) is 0 Å². The van der Waals surface area contributed by atoms with Crippen LogP contribution in [-0.4, -0.2) is 16.2 Å². The Morgan fingerprint density at radius 1 is 1.80 bits per heavy atom. The summed E-state index contributed by atoms with van der Waals surface area (Å²) in [6, 6.07) is 0. The van der Waals surface area contributed by atoms with Crippen LogP contribution in [0.15, 0.2) is 16.6 Å². The third-order valence-corrected chi connectivity index (χ3v) is 2.19. The molecule has 0 saturated heterocycles. The highest BCUT2D eigenvalue weighted by Crippen LogP contribution is 2.20. The first-order chi connectivity index (χ1) is 4.75. The molecule has 0 aromatic heterocycles. The number of amides is 1. The first kappa shape index (κ1) is 6.92. The maximum atomic E-state index is 10.5. The number of nitrogens with zero attached hydrogens (tertiary/aromatic N) is 1. The van der Waals surface area contributed by atoms with Crippen molar-refractivity contribution in [3.63, 3.8) is 0 Å². The van der Waals surface area contributed by atoms with Crippen molar-refractivity contribution in [3.05, 3.63) is 11.6 Å². The highest BCUT2D eigenvalue weighted by molar-refractivity contribution is 8.31. The number of rotatable bonds is 1. The maximum Gasteiger partial charge on any atom is 0.274 e. The van der Waals surface area contributed by atoms with E-state index in [1.165, 1.54) is 11.6 Å². The van der Waals surface area contributed by atoms with E-state index in [1.807, 2.05) is 0 Å². The van der Waals surface area contributed by atoms with Gasteiger partial charge in [-0.15, -0.1) is 0 Å². The molecule has 1 unspecified atom stereocenters. The van der Waals surface area contributed by atoms with E-state index < -0.39 is 16.4 Å². The van der Waals surface area contributed by atoms with Gasteiger partial charge < -0.3 is 5.73 Å². The largest absolute Gasteiger partial charge is 0.364 e. The predicted molar refractivity (Wildman–Crippen MR) is 39.1 cm³/mol. The molecule has 5 heteroatoms. The number of carbonyl (C=O) groups is 1. The number of hydrogen-bond donors (Lipinski definition) is 1. The fourth-order valence-corrected chi connectivity index (χ4v) is 1.36. The molecular formula is C5H4N2O2S. The van der Waals surface area contributed by atoms with Gasteiger partial charge in [-0.3, -0.25) is 4.79 Å². The minimum absolute atomic E-state index is 0.0926. The Labute approximate surface area is 59.4 Å². The van der Waals surface area contributed by atoms with Crippen molar-refractivity contribution in [1.29, 1.82) is 0 Å². The van der Waals surface area contributed by atoms with Crippen LogP contribution >= 0.6 is 10.5 Å². The Bertz CT molecular complexity index is 286. The van der Waals surface area contributed by atoms with Gasteiger partial charge in [0, 0.05) is 11.6 Å². The topological polar surface area (TPSA) is 72.5 Å². The smallest absolute Gasteiger partial charge is 0.274 e. The zero-order valence-electron chi connectivity index (χ0n) is 4.90. The monoisotopic (exact) mass is 156 g/mol. The van der Waals surface area contributed by atoms with Crippen molar-refractivity contribution < 1.29 is 9.59 Å². The summed E-state index contributed by atoms with van der Waals surface area (Å²) >= 11 is 0. The van der Waals surface area contributed by atoms with E-state index >= 15 is 0 Å². The molecule has 1 aliphatic heterocycles. The highest BCUT2D eigenvalue weighted by Gasteiger charge is 2.13. The van der Waals surface area contributed by atoms with Gasteiger partial charge in [0.05, 0.1) is 0 Å². The second-order valence-electron chi connectivity index (χ2n) is 1.50. The molecule has 0 fully saturated rings. The lowest BCUT2D eigenvalue weighted by atomic mass is 10.7. The summed E-state index contributed by atoms with van der Waals surface area (Å²) in [5, 5.41) is 3.24. The summed E-state index contributed by atoms with van der Waals surface area (Å²) in [7, 11) is -0.913. The average molecular weight is 156 g/mol. The van der Waals surface area contributed by atoms with E-state index in [4.69, 9.17) is 5.73 Å². The third kappa shape index (κ3) is 1.05. The summed E-state index contributed by atoms with van der Waals surface area (Å²) in [5.74, 6) is -0.656. The van der Waals surface area contributed by atoms with Gasteiger partial charge in [-0.1, -0.05) is 0 Å². The van der Waals surface area contributed by atoms with Crippen molar-refractivity contribution in [2.24, 2.45) is 10.7 Å². The molecule has 2 N–H and O–H groups in total. The van der Waals surface area contributed by atoms with Gasteiger partial charge in [-0.25, -0.2) is 9.79 Å². The molecule has 1 aliphatic rings. The standard InChI is InChI=1S/C5H4N2O2S/c6-4(9)5-7-1-2-10(5)3-8/h1-2H,(H2,6,9). The molecular weight excluding hydrogens is 152 g/mol. The number of aliphatic imine (C=N–C) groups is 1. The quantitative estimate of drug-likeness (QED) is 0.529. The lowest BCUT2D eigenvalue weighted by Gasteiger charge is -1.90. The van der Waals surface area contributed by atoms with Gasteiger partial charge in [0.1, 0.15) is 0 Å². The van der Waals surface area contributed by atoms with E-state index in [0.717, 1.165) is 0 Å². The lowest BCUT2D eigenvalue weighted by Crippen LogP contribution is -2.19. The lowest BCUT2D eigenvalue weighted by molar-refractivity contribution is -0.111. The first-order valence-corrected chi connectivity index (χ1v) is 3.69. The summed E-state index contributed by atoms with van der Waals surface area (Å²) in [5.41, 5.74) is 4.88. The zero-order chi connectivity index (χ0) is 7.56. The molecule has 0 spiro atoms. The van der Waals surface area contributed by atoms with E-state index in [9.17, 15) is 9.59 Å². The van der Waals surface area contributed by atoms with Gasteiger partial charge in [0.15, 0.2) is 10.3 Å². The van der Waals surface area contributed by atoms with E-state index in [-0.39, 0.29) is 5.04 Å². The number of hydrogen-bond acceptors (Lipinski definition) is 3. The van der Waals surface area contributed by atoms with Crippen molar-refractivity contribution in [3.8, 4) is 0 Å². The molecule has 4 nitrogen and oxygen atoms in total. The SMILES string of the molecule is NC(=O)C1=NC=CS1=C=O. The fourth-order valence-electron chi connectivity index (χ4n) is 0.519. The molecule has 52 valence electrons. The Balaban J connectivity index is 3.04. The Hall–Kier alpha value is -1.19. The average Bonchev–Trinajstić information content (AvgIpc) is 2.33. The zero-order valence-corrected chi connectivity index (χ0v) is 5.72. The minimum atomic E-state index is -0.913. The Morgan fingerprint density at radius 2 is 2.50 bits per heavy atom. The molecule has 0 aromatic carbocycles. The van der Waals surface area contributed by atoms with Gasteiger partial charge in [0.2, 0.25) is 0 Å². The maximum absolute atomic E-state index is 10.5. The van der Waals surface area contributed by atoms with E-state index in [2.05, 4.69) is 4.99 Å². The molecule has 1 amide bonds. The van der Waals surface area contributed by atoms with Crippen LogP contribution in [0.5, 0.6) is 0 Å². The molecule has 0 aliphatic carbocycles. The van der Waals surface area contributed by atoms with Gasteiger partial charge in [-0.05, 0) is 10.5 Å². The summed E-state index contributed by atoms with van der Waals surface area (Å²) in [6.45, 7) is 0. The molecule has 1 atom stereocenters. The number of primary amides is 1. The van der Waals surface area contributed by atoms with Crippen LogP contribution in [-0.2, 0) is 9.59 Å². The second kappa shape index (κ2) is 2.60. The normalized spacial score (nSPS) is 22.0. The predicted octanol–water partition coefficient (Wildman–Crippen LogP) is -0.309. The molecule has 0 bridgehead atoms. The number of nitrogens with two attached hydrogens (primary N) is 1. The van der Waals surface area contributed by atoms with Gasteiger partial charge >= 0.3 is 0 Å². The van der Waals surface area contributed by atoms with Crippen LogP contribution in [0.2, 0.25) is 0 Å². The van der Waals surface area contributed by atoms with Crippen molar-refractivity contribution in [2.45, 2.75) is 0 Å². The Kier molecular flexibility index (Phi) is 1.80. The van der Waals surface area contributed by atoms with Crippen molar-refractivity contribution >= 4 is 26.7 Å². The summed E-state index contributed by atoms with van der Waals surface area (Å²) in [4.78, 5) is 24.1. The van der Waals surface area contributed by atoms with Crippen LogP contribution in [0.1, 0.15) is 0 Å². The summed E-state index contributed by atoms with van der Waals surface area (Å²) < 4.78 is 0. The molecule has 0 aromatic rings. The minimum Gasteiger partial charge on any atom is -0.364 e. The molecule has 1 rings (SSSR count). The molecule has 0 saturated carbocycles. The van der Waals surface area contributed by atoms with Crippen LogP contribution in [0, 0.1) is 0 Å². The number of carbonyl (C=O) groups excluding carboxylic acids is 2. The van der Waals surface area contributed by atoms with Gasteiger partial charge in [0.25, 0.3) is 5.91 Å². The summed E-state index contributed by atoms with van der Waals surface area (Å²) in [6.07, 6.45) is 1.38. The fraction of sp³-hybridized carbons (Fsp3) is 0. The first-order valence-electron chi connectivity index (χ1n) is 2.41. The second-order valence-corrected chi connectivity index (χ2v) is 3.01. The van der Waals surface area contributed by atoms with E-state index in [1.54, 1.807) is 5.23 Å². The van der Waals surface area contributed by atoms with Crippen molar-refractivity contribution in [2.75, 3.05) is 0 Å². The highest BCUT2D eigenvalue weighted by atomic mass is 32.2. The molecule has 10 heavy (non-hydrogen) atoms. The van der Waals surface area contributed by atoms with Crippen molar-refractivity contribution in [1.82, 2.24) is 0 Å². The molecule has 0 radical (unpaired) electrons. The van der Waals surface area contributed by atoms with Gasteiger partial charge in [-0.2, -0.15) is 0 Å². The van der Waals surface area contributed by atoms with Crippen LogP contribution in [0.4, 0.5) is 0 Å². The Morgan fingerprint density at radius 3 is 2.90 bits per heavy atom. The molecule has 1 heterocycles.